The van der Waals surface area contributed by atoms with Gasteiger partial charge in [0.1, 0.15) is 5.85 Å². The molecule has 0 aliphatic carbocycles. The highest BCUT2D eigenvalue weighted by Crippen LogP contribution is 2.47. The quantitative estimate of drug-likeness (QED) is 0.204. The molecule has 4 N–H and O–H groups in total. The number of phosphoric ester groups is 1. The van der Waals surface area contributed by atoms with Crippen LogP contribution in [0.5, 0.6) is 0 Å². The summed E-state index contributed by atoms with van der Waals surface area (Å²) < 4.78 is 19.7. The van der Waals surface area contributed by atoms with Crippen LogP contribution in [0.4, 0.5) is 0 Å². The van der Waals surface area contributed by atoms with Crippen LogP contribution in [0.15, 0.2) is 12.2 Å². The number of rotatable bonds is 10. The fourth-order valence-corrected chi connectivity index (χ4v) is 2.80. The van der Waals surface area contributed by atoms with Gasteiger partial charge in [0.05, 0.1) is 6.61 Å². The molecule has 0 aliphatic rings. The lowest BCUT2D eigenvalue weighted by molar-refractivity contribution is -0.139. The Morgan fingerprint density at radius 2 is 1.90 bits per heavy atom. The fourth-order valence-electron chi connectivity index (χ4n) is 1.25. The van der Waals surface area contributed by atoms with Crippen molar-refractivity contribution in [2.24, 2.45) is 0 Å². The Bertz CT molecular complexity index is 364. The maximum absolute atomic E-state index is 11.0. The molecular formula is C10H20O8P2. The molecular weight excluding hydrogens is 310 g/mol. The summed E-state index contributed by atoms with van der Waals surface area (Å²) in [6.45, 7) is 5.18. The second-order valence-corrected chi connectivity index (χ2v) is 6.55. The smallest absolute Gasteiger partial charge is 0.462 e. The summed E-state index contributed by atoms with van der Waals surface area (Å²) in [6.07, 6.45) is 1.69. The van der Waals surface area contributed by atoms with Crippen LogP contribution in [-0.2, 0) is 18.6 Å². The van der Waals surface area contributed by atoms with Crippen LogP contribution in [0.25, 0.3) is 0 Å². The van der Waals surface area contributed by atoms with E-state index in [-0.39, 0.29) is 13.0 Å². The van der Waals surface area contributed by atoms with Crippen molar-refractivity contribution in [1.29, 1.82) is 0 Å². The SMILES string of the molecule is C=C(C)C(=O)OCCCCCC(OP(=O)(O)O)P(O)O. The molecule has 1 atom stereocenters. The minimum Gasteiger partial charge on any atom is -0.462 e. The molecule has 0 aliphatic heterocycles. The molecule has 0 fully saturated rings. The second kappa shape index (κ2) is 9.58. The molecule has 0 aromatic rings. The molecule has 0 saturated carbocycles. The van der Waals surface area contributed by atoms with E-state index in [1.807, 2.05) is 0 Å². The van der Waals surface area contributed by atoms with Crippen molar-refractivity contribution < 1.29 is 38.2 Å². The number of carbonyl (C=O) groups excluding carboxylic acids is 1. The maximum Gasteiger partial charge on any atom is 0.470 e. The van der Waals surface area contributed by atoms with Gasteiger partial charge in [-0.25, -0.2) is 9.36 Å². The summed E-state index contributed by atoms with van der Waals surface area (Å²) in [4.78, 5) is 46.2. The Balaban J connectivity index is 3.83. The summed E-state index contributed by atoms with van der Waals surface area (Å²) >= 11 is 0. The van der Waals surface area contributed by atoms with E-state index in [2.05, 4.69) is 11.1 Å². The number of phosphoric acid groups is 1. The Morgan fingerprint density at radius 1 is 1.30 bits per heavy atom. The highest BCUT2D eigenvalue weighted by molar-refractivity contribution is 7.49. The molecule has 0 aromatic carbocycles. The first-order valence-corrected chi connectivity index (χ1v) is 8.71. The molecule has 0 aromatic heterocycles. The van der Waals surface area contributed by atoms with Crippen LogP contribution >= 0.6 is 16.2 Å². The van der Waals surface area contributed by atoms with Gasteiger partial charge in [-0.15, -0.1) is 0 Å². The first-order chi connectivity index (χ1) is 9.13. The van der Waals surface area contributed by atoms with Crippen LogP contribution in [0.1, 0.15) is 32.6 Å². The Labute approximate surface area is 118 Å². The number of hydrogen-bond donors (Lipinski definition) is 4. The standard InChI is InChI=1S/C10H20O8P2/c1-8(2)10(11)17-7-5-3-4-6-9(19(12)13)18-20(14,15)16/h9,12-13H,1,3-7H2,2H3,(H2,14,15,16). The predicted octanol–water partition coefficient (Wildman–Crippen LogP) is 1.40. The third-order valence-corrected chi connectivity index (χ3v) is 3.77. The van der Waals surface area contributed by atoms with E-state index >= 15 is 0 Å². The lowest BCUT2D eigenvalue weighted by Gasteiger charge is -2.18. The first kappa shape index (κ1) is 19.7. The van der Waals surface area contributed by atoms with Gasteiger partial charge in [-0.05, 0) is 26.2 Å². The fraction of sp³-hybridized carbons (Fsp3) is 0.700. The molecule has 0 saturated heterocycles. The highest BCUT2D eigenvalue weighted by Gasteiger charge is 2.27. The molecule has 0 radical (unpaired) electrons. The summed E-state index contributed by atoms with van der Waals surface area (Å²) in [5, 5.41) is 0. The van der Waals surface area contributed by atoms with E-state index in [0.29, 0.717) is 24.8 Å². The molecule has 0 spiro atoms. The van der Waals surface area contributed by atoms with Crippen molar-refractivity contribution in [2.75, 3.05) is 6.61 Å². The minimum atomic E-state index is -4.74. The van der Waals surface area contributed by atoms with E-state index in [9.17, 15) is 9.36 Å². The van der Waals surface area contributed by atoms with Crippen LogP contribution in [0.3, 0.4) is 0 Å². The molecule has 20 heavy (non-hydrogen) atoms. The molecule has 0 heterocycles. The van der Waals surface area contributed by atoms with Crippen molar-refractivity contribution in [2.45, 2.75) is 38.5 Å². The summed E-state index contributed by atoms with van der Waals surface area (Å²) in [5.74, 6) is -1.76. The summed E-state index contributed by atoms with van der Waals surface area (Å²) in [6, 6.07) is 0. The normalized spacial score (nSPS) is 13.3. The van der Waals surface area contributed by atoms with Crippen LogP contribution < -0.4 is 0 Å². The highest BCUT2D eigenvalue weighted by atomic mass is 31.2. The zero-order chi connectivity index (χ0) is 15.8. The topological polar surface area (TPSA) is 134 Å². The van der Waals surface area contributed by atoms with Crippen molar-refractivity contribution in [3.8, 4) is 0 Å². The van der Waals surface area contributed by atoms with Gasteiger partial charge in [0.25, 0.3) is 0 Å². The summed E-state index contributed by atoms with van der Waals surface area (Å²) in [7, 11) is -7.33. The molecule has 8 nitrogen and oxygen atoms in total. The number of hydrogen-bond acceptors (Lipinski definition) is 6. The van der Waals surface area contributed by atoms with Gasteiger partial charge >= 0.3 is 13.8 Å². The van der Waals surface area contributed by atoms with E-state index < -0.39 is 28.0 Å². The van der Waals surface area contributed by atoms with Gasteiger partial charge in [0.15, 0.2) is 8.38 Å². The summed E-state index contributed by atoms with van der Waals surface area (Å²) in [5.41, 5.74) is 0.311. The van der Waals surface area contributed by atoms with Crippen molar-refractivity contribution in [3.05, 3.63) is 12.2 Å². The van der Waals surface area contributed by atoms with E-state index in [1.54, 1.807) is 0 Å². The van der Waals surface area contributed by atoms with Gasteiger partial charge in [0, 0.05) is 5.57 Å². The Hall–Kier alpha value is -0.330. The van der Waals surface area contributed by atoms with E-state index in [0.717, 1.165) is 0 Å². The number of carbonyl (C=O) groups is 1. The monoisotopic (exact) mass is 330 g/mol. The Morgan fingerprint density at radius 3 is 2.35 bits per heavy atom. The molecule has 118 valence electrons. The third kappa shape index (κ3) is 10.5. The van der Waals surface area contributed by atoms with Crippen LogP contribution in [-0.4, -0.2) is 38.0 Å². The zero-order valence-corrected chi connectivity index (χ0v) is 12.9. The maximum atomic E-state index is 11.0. The average Bonchev–Trinajstić information content (AvgIpc) is 2.29. The van der Waals surface area contributed by atoms with Gasteiger partial charge in [-0.3, -0.25) is 4.52 Å². The zero-order valence-electron chi connectivity index (χ0n) is 11.1. The minimum absolute atomic E-state index is 0.0955. The molecule has 0 bridgehead atoms. The molecule has 0 amide bonds. The van der Waals surface area contributed by atoms with Gasteiger partial charge in [0.2, 0.25) is 0 Å². The van der Waals surface area contributed by atoms with Gasteiger partial charge in [-0.1, -0.05) is 13.0 Å². The molecule has 0 rings (SSSR count). The van der Waals surface area contributed by atoms with Gasteiger partial charge in [-0.2, -0.15) is 0 Å². The number of unbranched alkanes of at least 4 members (excludes halogenated alkanes) is 2. The number of ether oxygens (including phenoxy) is 1. The van der Waals surface area contributed by atoms with Crippen molar-refractivity contribution >= 4 is 22.2 Å². The Kier molecular flexibility index (Phi) is 9.42. The lowest BCUT2D eigenvalue weighted by atomic mass is 10.2. The largest absolute Gasteiger partial charge is 0.470 e. The van der Waals surface area contributed by atoms with E-state index in [4.69, 9.17) is 24.3 Å². The average molecular weight is 330 g/mol. The second-order valence-electron chi connectivity index (χ2n) is 4.14. The van der Waals surface area contributed by atoms with E-state index in [1.165, 1.54) is 6.92 Å². The van der Waals surface area contributed by atoms with Crippen LogP contribution in [0, 0.1) is 0 Å². The van der Waals surface area contributed by atoms with Crippen LogP contribution in [0.2, 0.25) is 0 Å². The first-order valence-electron chi connectivity index (χ1n) is 5.87. The third-order valence-electron chi connectivity index (χ3n) is 2.19. The van der Waals surface area contributed by atoms with Crippen molar-refractivity contribution in [1.82, 2.24) is 0 Å². The number of esters is 1. The lowest BCUT2D eigenvalue weighted by Crippen LogP contribution is -2.10. The van der Waals surface area contributed by atoms with Crippen molar-refractivity contribution in [3.63, 3.8) is 0 Å². The predicted molar refractivity (Wildman–Crippen MR) is 72.5 cm³/mol. The van der Waals surface area contributed by atoms with Gasteiger partial charge < -0.3 is 24.3 Å². The molecule has 1 unspecified atom stereocenters. The molecule has 10 heteroatoms.